The van der Waals surface area contributed by atoms with Crippen molar-refractivity contribution in [3.63, 3.8) is 0 Å². The summed E-state index contributed by atoms with van der Waals surface area (Å²) in [5, 5.41) is 11.7. The molecule has 2 heterocycles. The van der Waals surface area contributed by atoms with Gasteiger partial charge in [0.2, 0.25) is 0 Å². The van der Waals surface area contributed by atoms with Crippen LogP contribution in [0.2, 0.25) is 0 Å². The Kier molecular flexibility index (Phi) is 3.43. The minimum atomic E-state index is 0.417. The van der Waals surface area contributed by atoms with Crippen LogP contribution in [0.15, 0.2) is 34.9 Å². The van der Waals surface area contributed by atoms with Crippen LogP contribution in [-0.2, 0) is 0 Å². The number of nitrogens with one attached hydrogen (secondary N) is 1. The summed E-state index contributed by atoms with van der Waals surface area (Å²) in [6.07, 6.45) is 4.21. The van der Waals surface area contributed by atoms with Gasteiger partial charge < -0.3 is 5.32 Å². The molecule has 0 aliphatic carbocycles. The molecule has 0 saturated carbocycles. The van der Waals surface area contributed by atoms with Crippen LogP contribution in [-0.4, -0.2) is 28.1 Å². The van der Waals surface area contributed by atoms with Crippen LogP contribution in [0, 0.1) is 0 Å². The highest BCUT2D eigenvalue weighted by atomic mass is 79.9. The highest BCUT2D eigenvalue weighted by molar-refractivity contribution is 9.10. The fourth-order valence-electron chi connectivity index (χ4n) is 2.38. The second-order valence-electron chi connectivity index (χ2n) is 4.57. The van der Waals surface area contributed by atoms with E-state index >= 15 is 0 Å². The van der Waals surface area contributed by atoms with Crippen LogP contribution in [0.1, 0.15) is 18.9 Å². The number of piperidine rings is 1. The molecule has 3 rings (SSSR count). The van der Waals surface area contributed by atoms with E-state index in [9.17, 15) is 0 Å². The SMILES string of the molecule is Brc1ccc(-c2cnnn2C2CCCNC2)cc1. The van der Waals surface area contributed by atoms with Gasteiger partial charge in [0, 0.05) is 16.6 Å². The molecule has 1 aliphatic heterocycles. The summed E-state index contributed by atoms with van der Waals surface area (Å²) < 4.78 is 3.14. The van der Waals surface area contributed by atoms with Gasteiger partial charge in [0.05, 0.1) is 17.9 Å². The molecular weight excluding hydrogens is 292 g/mol. The van der Waals surface area contributed by atoms with E-state index in [0.29, 0.717) is 6.04 Å². The maximum absolute atomic E-state index is 4.25. The molecule has 1 atom stereocenters. The zero-order valence-corrected chi connectivity index (χ0v) is 11.6. The predicted octanol–water partition coefficient (Wildman–Crippen LogP) is 2.63. The van der Waals surface area contributed by atoms with Crippen LogP contribution in [0.5, 0.6) is 0 Å². The molecule has 1 unspecified atom stereocenters. The van der Waals surface area contributed by atoms with Crippen molar-refractivity contribution in [1.82, 2.24) is 20.3 Å². The minimum absolute atomic E-state index is 0.417. The molecule has 1 N–H and O–H groups in total. The summed E-state index contributed by atoms with van der Waals surface area (Å²) in [6.45, 7) is 2.09. The standard InChI is InChI=1S/C13H15BrN4/c14-11-5-3-10(4-6-11)13-9-16-17-18(13)12-2-1-7-15-8-12/h3-6,9,12,15H,1-2,7-8H2. The number of rotatable bonds is 2. The van der Waals surface area contributed by atoms with Crippen LogP contribution in [0.25, 0.3) is 11.3 Å². The Labute approximate surface area is 115 Å². The first-order valence-electron chi connectivity index (χ1n) is 6.21. The Morgan fingerprint density at radius 3 is 2.83 bits per heavy atom. The van der Waals surface area contributed by atoms with Gasteiger partial charge in [-0.2, -0.15) is 0 Å². The van der Waals surface area contributed by atoms with Gasteiger partial charge in [0.1, 0.15) is 0 Å². The van der Waals surface area contributed by atoms with Gasteiger partial charge in [0.25, 0.3) is 0 Å². The van der Waals surface area contributed by atoms with Gasteiger partial charge in [-0.15, -0.1) is 5.10 Å². The van der Waals surface area contributed by atoms with E-state index in [1.54, 1.807) is 0 Å². The first kappa shape index (κ1) is 11.9. The third-order valence-electron chi connectivity index (χ3n) is 3.33. The van der Waals surface area contributed by atoms with Crippen molar-refractivity contribution in [2.45, 2.75) is 18.9 Å². The monoisotopic (exact) mass is 306 g/mol. The van der Waals surface area contributed by atoms with Crippen LogP contribution in [0.3, 0.4) is 0 Å². The Balaban J connectivity index is 1.93. The molecule has 1 aromatic heterocycles. The summed E-state index contributed by atoms with van der Waals surface area (Å²) in [5.74, 6) is 0. The van der Waals surface area contributed by atoms with E-state index in [2.05, 4.69) is 48.4 Å². The molecule has 0 spiro atoms. The van der Waals surface area contributed by atoms with Crippen molar-refractivity contribution >= 4 is 15.9 Å². The Morgan fingerprint density at radius 2 is 2.11 bits per heavy atom. The van der Waals surface area contributed by atoms with Gasteiger partial charge in [0.15, 0.2) is 0 Å². The van der Waals surface area contributed by atoms with Crippen molar-refractivity contribution in [2.24, 2.45) is 0 Å². The second kappa shape index (κ2) is 5.20. The van der Waals surface area contributed by atoms with Gasteiger partial charge in [-0.1, -0.05) is 33.3 Å². The highest BCUT2D eigenvalue weighted by Crippen LogP contribution is 2.25. The maximum Gasteiger partial charge on any atom is 0.0889 e. The zero-order chi connectivity index (χ0) is 12.4. The average molecular weight is 307 g/mol. The van der Waals surface area contributed by atoms with Crippen LogP contribution in [0.4, 0.5) is 0 Å². The molecule has 1 saturated heterocycles. The molecule has 0 radical (unpaired) electrons. The number of hydrogen-bond donors (Lipinski definition) is 1. The van der Waals surface area contributed by atoms with Crippen LogP contribution < -0.4 is 5.32 Å². The van der Waals surface area contributed by atoms with Crippen molar-refractivity contribution < 1.29 is 0 Å². The lowest BCUT2D eigenvalue weighted by atomic mass is 10.1. The predicted molar refractivity (Wildman–Crippen MR) is 74.3 cm³/mol. The van der Waals surface area contributed by atoms with E-state index < -0.39 is 0 Å². The van der Waals surface area contributed by atoms with Crippen LogP contribution >= 0.6 is 15.9 Å². The Morgan fingerprint density at radius 1 is 1.28 bits per heavy atom. The molecule has 1 aromatic carbocycles. The van der Waals surface area contributed by atoms with E-state index in [1.165, 1.54) is 12.8 Å². The van der Waals surface area contributed by atoms with Gasteiger partial charge in [-0.25, -0.2) is 4.68 Å². The first-order chi connectivity index (χ1) is 8.84. The summed E-state index contributed by atoms with van der Waals surface area (Å²) >= 11 is 3.46. The normalized spacial score (nSPS) is 19.9. The number of nitrogens with zero attached hydrogens (tertiary/aromatic N) is 3. The maximum atomic E-state index is 4.25. The van der Waals surface area contributed by atoms with E-state index in [1.807, 2.05) is 18.3 Å². The summed E-state index contributed by atoms with van der Waals surface area (Å²) in [7, 11) is 0. The Bertz CT molecular complexity index is 514. The smallest absolute Gasteiger partial charge is 0.0889 e. The number of aromatic nitrogens is 3. The zero-order valence-electron chi connectivity index (χ0n) is 10.0. The molecule has 0 bridgehead atoms. The Hall–Kier alpha value is -1.20. The number of halogens is 1. The molecule has 2 aromatic rings. The van der Waals surface area contributed by atoms with E-state index in [4.69, 9.17) is 0 Å². The summed E-state index contributed by atoms with van der Waals surface area (Å²) in [5.41, 5.74) is 2.25. The van der Waals surface area contributed by atoms with E-state index in [0.717, 1.165) is 28.8 Å². The second-order valence-corrected chi connectivity index (χ2v) is 5.49. The molecule has 18 heavy (non-hydrogen) atoms. The van der Waals surface area contributed by atoms with Crippen molar-refractivity contribution in [3.8, 4) is 11.3 Å². The summed E-state index contributed by atoms with van der Waals surface area (Å²) in [4.78, 5) is 0. The lowest BCUT2D eigenvalue weighted by molar-refractivity contribution is 0.344. The number of benzene rings is 1. The fourth-order valence-corrected chi connectivity index (χ4v) is 2.65. The molecule has 1 fully saturated rings. The molecular formula is C13H15BrN4. The van der Waals surface area contributed by atoms with Gasteiger partial charge in [-0.3, -0.25) is 0 Å². The highest BCUT2D eigenvalue weighted by Gasteiger charge is 2.19. The van der Waals surface area contributed by atoms with Gasteiger partial charge >= 0.3 is 0 Å². The third-order valence-corrected chi connectivity index (χ3v) is 3.86. The molecule has 0 amide bonds. The third kappa shape index (κ3) is 2.33. The van der Waals surface area contributed by atoms with Crippen molar-refractivity contribution in [1.29, 1.82) is 0 Å². The number of hydrogen-bond acceptors (Lipinski definition) is 3. The largest absolute Gasteiger partial charge is 0.315 e. The molecule has 4 nitrogen and oxygen atoms in total. The minimum Gasteiger partial charge on any atom is -0.315 e. The van der Waals surface area contributed by atoms with Crippen molar-refractivity contribution in [3.05, 3.63) is 34.9 Å². The molecule has 1 aliphatic rings. The van der Waals surface area contributed by atoms with Crippen molar-refractivity contribution in [2.75, 3.05) is 13.1 Å². The molecule has 94 valence electrons. The summed E-state index contributed by atoms with van der Waals surface area (Å²) in [6, 6.07) is 8.70. The fraction of sp³-hybridized carbons (Fsp3) is 0.385. The molecule has 5 heteroatoms. The van der Waals surface area contributed by atoms with Gasteiger partial charge in [-0.05, 0) is 31.5 Å². The average Bonchev–Trinajstić information content (AvgIpc) is 2.90. The quantitative estimate of drug-likeness (QED) is 0.927. The van der Waals surface area contributed by atoms with E-state index in [-0.39, 0.29) is 0 Å². The topological polar surface area (TPSA) is 42.7 Å². The lowest BCUT2D eigenvalue weighted by Gasteiger charge is -2.24. The lowest BCUT2D eigenvalue weighted by Crippen LogP contribution is -2.32. The first-order valence-corrected chi connectivity index (χ1v) is 7.01.